The fraction of sp³-hybridized carbons (Fsp3) is 0.600. The van der Waals surface area contributed by atoms with Gasteiger partial charge in [0, 0.05) is 49.9 Å². The fourth-order valence-corrected chi connectivity index (χ4v) is 3.31. The Hall–Kier alpha value is -2.44. The van der Waals surface area contributed by atoms with Crippen LogP contribution >= 0.6 is 0 Å². The molecule has 1 aliphatic heterocycles. The zero-order chi connectivity index (χ0) is 19.0. The predicted molar refractivity (Wildman–Crippen MR) is 106 cm³/mol. The summed E-state index contributed by atoms with van der Waals surface area (Å²) < 4.78 is 1.78. The molecule has 2 aliphatic rings. The van der Waals surface area contributed by atoms with E-state index in [0.29, 0.717) is 17.7 Å². The van der Waals surface area contributed by atoms with Gasteiger partial charge in [-0.05, 0) is 30.9 Å². The highest BCUT2D eigenvalue weighted by atomic mass is 16.1. The van der Waals surface area contributed by atoms with E-state index < -0.39 is 0 Å². The first-order valence-corrected chi connectivity index (χ1v) is 9.78. The molecule has 7 nitrogen and oxygen atoms in total. The molecule has 2 aromatic heterocycles. The minimum atomic E-state index is -0.00999. The highest BCUT2D eigenvalue weighted by Gasteiger charge is 2.29. The van der Waals surface area contributed by atoms with Crippen molar-refractivity contribution in [1.82, 2.24) is 19.7 Å². The zero-order valence-corrected chi connectivity index (χ0v) is 16.4. The second-order valence-electron chi connectivity index (χ2n) is 8.86. The zero-order valence-electron chi connectivity index (χ0n) is 16.4. The average Bonchev–Trinajstić information content (AvgIpc) is 3.40. The molecule has 3 heterocycles. The van der Waals surface area contributed by atoms with E-state index in [2.05, 4.69) is 52.2 Å². The molecule has 4 rings (SSSR count). The van der Waals surface area contributed by atoms with Gasteiger partial charge in [-0.1, -0.05) is 20.8 Å². The van der Waals surface area contributed by atoms with Crippen LogP contribution in [0.4, 0.5) is 11.6 Å². The Bertz CT molecular complexity index is 844. The topological polar surface area (TPSA) is 75.9 Å². The Balaban J connectivity index is 1.29. The standard InChI is InChI=1S/C20H28N6O/c1-20(2,3)16-6-7-17(24-23-16)26-12-15(13-26)10-22-18-19(27)25(9-8-21-18)11-14-4-5-14/h6-9,14-15H,4-5,10-13H2,1-3H3,(H,21,22). The SMILES string of the molecule is CC(C)(C)c1ccc(N2CC(CNc3nccn(CC4CC4)c3=O)C2)nn1. The Morgan fingerprint density at radius 3 is 2.56 bits per heavy atom. The molecule has 1 saturated heterocycles. The van der Waals surface area contributed by atoms with E-state index in [9.17, 15) is 4.79 Å². The summed E-state index contributed by atoms with van der Waals surface area (Å²) in [6.07, 6.45) is 5.96. The van der Waals surface area contributed by atoms with Crippen molar-refractivity contribution in [3.05, 3.63) is 40.6 Å². The molecule has 1 N–H and O–H groups in total. The molecule has 0 radical (unpaired) electrons. The minimum absolute atomic E-state index is 0.00999. The van der Waals surface area contributed by atoms with Crippen LogP contribution in [0.5, 0.6) is 0 Å². The van der Waals surface area contributed by atoms with E-state index >= 15 is 0 Å². The maximum Gasteiger partial charge on any atom is 0.293 e. The number of hydrogen-bond acceptors (Lipinski definition) is 6. The second-order valence-corrected chi connectivity index (χ2v) is 8.86. The summed E-state index contributed by atoms with van der Waals surface area (Å²) >= 11 is 0. The van der Waals surface area contributed by atoms with Crippen LogP contribution in [0.2, 0.25) is 0 Å². The van der Waals surface area contributed by atoms with Gasteiger partial charge in [-0.2, -0.15) is 5.10 Å². The van der Waals surface area contributed by atoms with Gasteiger partial charge in [-0.15, -0.1) is 5.10 Å². The van der Waals surface area contributed by atoms with E-state index in [4.69, 9.17) is 0 Å². The monoisotopic (exact) mass is 368 g/mol. The maximum absolute atomic E-state index is 12.5. The van der Waals surface area contributed by atoms with Crippen LogP contribution in [-0.4, -0.2) is 39.4 Å². The molecule has 1 saturated carbocycles. The van der Waals surface area contributed by atoms with Crippen molar-refractivity contribution in [3.63, 3.8) is 0 Å². The largest absolute Gasteiger partial charge is 0.365 e. The van der Waals surface area contributed by atoms with Gasteiger partial charge in [0.1, 0.15) is 0 Å². The van der Waals surface area contributed by atoms with E-state index in [1.165, 1.54) is 12.8 Å². The summed E-state index contributed by atoms with van der Waals surface area (Å²) in [5, 5.41) is 12.0. The van der Waals surface area contributed by atoms with Crippen LogP contribution in [0, 0.1) is 11.8 Å². The van der Waals surface area contributed by atoms with Crippen molar-refractivity contribution in [1.29, 1.82) is 0 Å². The van der Waals surface area contributed by atoms with Crippen LogP contribution < -0.4 is 15.8 Å². The van der Waals surface area contributed by atoms with Crippen LogP contribution in [-0.2, 0) is 12.0 Å². The third-order valence-corrected chi connectivity index (χ3v) is 5.32. The Kier molecular flexibility index (Phi) is 4.61. The van der Waals surface area contributed by atoms with Gasteiger partial charge >= 0.3 is 0 Å². The lowest BCUT2D eigenvalue weighted by molar-refractivity contribution is 0.424. The van der Waals surface area contributed by atoms with Gasteiger partial charge in [0.25, 0.3) is 5.56 Å². The molecule has 0 atom stereocenters. The highest BCUT2D eigenvalue weighted by Crippen LogP contribution is 2.30. The summed E-state index contributed by atoms with van der Waals surface area (Å²) in [5.74, 6) is 2.53. The fourth-order valence-electron chi connectivity index (χ4n) is 3.31. The molecule has 7 heteroatoms. The van der Waals surface area contributed by atoms with Crippen molar-refractivity contribution in [2.24, 2.45) is 11.8 Å². The van der Waals surface area contributed by atoms with Crippen molar-refractivity contribution in [2.45, 2.75) is 45.6 Å². The number of rotatable bonds is 6. The first-order valence-electron chi connectivity index (χ1n) is 9.78. The van der Waals surface area contributed by atoms with Gasteiger partial charge in [0.05, 0.1) is 5.69 Å². The van der Waals surface area contributed by atoms with Gasteiger partial charge in [-0.25, -0.2) is 4.98 Å². The minimum Gasteiger partial charge on any atom is -0.365 e. The molecule has 0 unspecified atom stereocenters. The van der Waals surface area contributed by atoms with Crippen LogP contribution in [0.3, 0.4) is 0 Å². The maximum atomic E-state index is 12.5. The number of nitrogens with one attached hydrogen (secondary N) is 1. The predicted octanol–water partition coefficient (Wildman–Crippen LogP) is 2.29. The van der Waals surface area contributed by atoms with E-state index in [-0.39, 0.29) is 11.0 Å². The first kappa shape index (κ1) is 17.9. The summed E-state index contributed by atoms with van der Waals surface area (Å²) in [7, 11) is 0. The molecule has 0 amide bonds. The van der Waals surface area contributed by atoms with Crippen molar-refractivity contribution >= 4 is 11.6 Å². The summed E-state index contributed by atoms with van der Waals surface area (Å²) in [5.41, 5.74) is 1.01. The normalized spacial score (nSPS) is 17.7. The van der Waals surface area contributed by atoms with E-state index in [1.54, 1.807) is 17.0 Å². The molecule has 2 fully saturated rings. The third kappa shape index (κ3) is 4.12. The highest BCUT2D eigenvalue weighted by molar-refractivity contribution is 5.42. The number of nitrogens with zero attached hydrogens (tertiary/aromatic N) is 5. The van der Waals surface area contributed by atoms with Gasteiger partial charge in [-0.3, -0.25) is 4.79 Å². The molecular formula is C20H28N6O. The molecule has 2 aromatic rings. The molecule has 0 spiro atoms. The molecule has 144 valence electrons. The molecular weight excluding hydrogens is 340 g/mol. The lowest BCUT2D eigenvalue weighted by atomic mass is 9.92. The molecule has 27 heavy (non-hydrogen) atoms. The van der Waals surface area contributed by atoms with Crippen LogP contribution in [0.15, 0.2) is 29.3 Å². The average molecular weight is 368 g/mol. The lowest BCUT2D eigenvalue weighted by Gasteiger charge is -2.40. The second kappa shape index (κ2) is 6.94. The van der Waals surface area contributed by atoms with Crippen molar-refractivity contribution in [3.8, 4) is 0 Å². The van der Waals surface area contributed by atoms with Crippen molar-refractivity contribution in [2.75, 3.05) is 29.9 Å². The van der Waals surface area contributed by atoms with Gasteiger partial charge in [0.2, 0.25) is 0 Å². The number of anilines is 2. The first-order chi connectivity index (χ1) is 12.9. The van der Waals surface area contributed by atoms with Crippen molar-refractivity contribution < 1.29 is 0 Å². The number of hydrogen-bond donors (Lipinski definition) is 1. The third-order valence-electron chi connectivity index (χ3n) is 5.32. The van der Waals surface area contributed by atoms with Gasteiger partial charge < -0.3 is 14.8 Å². The lowest BCUT2D eigenvalue weighted by Crippen LogP contribution is -2.50. The smallest absolute Gasteiger partial charge is 0.293 e. The Morgan fingerprint density at radius 1 is 1.15 bits per heavy atom. The molecule has 1 aliphatic carbocycles. The van der Waals surface area contributed by atoms with Crippen LogP contribution in [0.1, 0.15) is 39.3 Å². The van der Waals surface area contributed by atoms with Crippen LogP contribution in [0.25, 0.3) is 0 Å². The molecule has 0 aromatic carbocycles. The Labute approximate surface area is 159 Å². The summed E-state index contributed by atoms with van der Waals surface area (Å²) in [4.78, 5) is 18.9. The van der Waals surface area contributed by atoms with E-state index in [0.717, 1.165) is 37.7 Å². The van der Waals surface area contributed by atoms with E-state index in [1.807, 2.05) is 6.07 Å². The summed E-state index contributed by atoms with van der Waals surface area (Å²) in [6.45, 7) is 9.81. The van der Waals surface area contributed by atoms with Gasteiger partial charge in [0.15, 0.2) is 11.6 Å². The summed E-state index contributed by atoms with van der Waals surface area (Å²) in [6, 6.07) is 4.11. The quantitative estimate of drug-likeness (QED) is 0.843. The number of aromatic nitrogens is 4. The Morgan fingerprint density at radius 2 is 1.93 bits per heavy atom. The molecule has 0 bridgehead atoms.